The predicted octanol–water partition coefficient (Wildman–Crippen LogP) is 3.71. The van der Waals surface area contributed by atoms with Gasteiger partial charge in [0.25, 0.3) is 5.91 Å². The lowest BCUT2D eigenvalue weighted by atomic mass is 9.98. The normalized spacial score (nSPS) is 17.7. The number of aromatic nitrogens is 1. The molecule has 1 N–H and O–H groups in total. The quantitative estimate of drug-likeness (QED) is 0.615. The van der Waals surface area contributed by atoms with Crippen LogP contribution in [0.2, 0.25) is 5.02 Å². The third-order valence-electron chi connectivity index (χ3n) is 5.25. The highest BCUT2D eigenvalue weighted by atomic mass is 35.5. The van der Waals surface area contributed by atoms with Crippen LogP contribution in [0, 0.1) is 5.82 Å². The molecule has 32 heavy (non-hydrogen) atoms. The molecule has 2 atom stereocenters. The van der Waals surface area contributed by atoms with E-state index in [1.54, 1.807) is 37.6 Å². The van der Waals surface area contributed by atoms with Gasteiger partial charge in [-0.05, 0) is 53.9 Å². The Morgan fingerprint density at radius 2 is 2.03 bits per heavy atom. The largest absolute Gasteiger partial charge is 0.348 e. The molecule has 0 fully saturated rings. The van der Waals surface area contributed by atoms with Gasteiger partial charge in [0.05, 0.1) is 10.7 Å². The maximum atomic E-state index is 13.5. The van der Waals surface area contributed by atoms with Crippen LogP contribution in [-0.4, -0.2) is 33.2 Å². The van der Waals surface area contributed by atoms with Crippen molar-refractivity contribution in [3.8, 4) is 0 Å². The lowest BCUT2D eigenvalue weighted by Gasteiger charge is -2.31. The summed E-state index contributed by atoms with van der Waals surface area (Å²) in [7, 11) is 0.000273. The van der Waals surface area contributed by atoms with Gasteiger partial charge in [-0.3, -0.25) is 18.9 Å². The van der Waals surface area contributed by atoms with Crippen molar-refractivity contribution in [2.45, 2.75) is 18.2 Å². The van der Waals surface area contributed by atoms with Gasteiger partial charge in [-0.2, -0.15) is 0 Å². The average molecular weight is 472 g/mol. The second kappa shape index (κ2) is 9.18. The fourth-order valence-corrected chi connectivity index (χ4v) is 5.12. The first-order chi connectivity index (χ1) is 15.3. The Balaban J connectivity index is 1.57. The molecule has 164 valence electrons. The van der Waals surface area contributed by atoms with E-state index in [9.17, 15) is 18.2 Å². The standard InChI is InChI=1S/C23H19ClFN3O3S/c1-28-20-7-5-16(23(30)27-13-15-3-2-8-26-12-15)11-17(20)22(29)21(32(28)31)10-14-4-6-19(25)18(24)9-14/h2-9,11-12,21H,10,13H2,1H3,(H,27,30). The first-order valence-electron chi connectivity index (χ1n) is 9.79. The van der Waals surface area contributed by atoms with Gasteiger partial charge in [-0.25, -0.2) is 8.60 Å². The highest BCUT2D eigenvalue weighted by Gasteiger charge is 2.37. The molecule has 2 heterocycles. The Kier molecular flexibility index (Phi) is 6.34. The van der Waals surface area contributed by atoms with Crippen LogP contribution in [0.4, 0.5) is 10.1 Å². The van der Waals surface area contributed by atoms with Crippen molar-refractivity contribution < 1.29 is 18.2 Å². The summed E-state index contributed by atoms with van der Waals surface area (Å²) < 4.78 is 27.9. The van der Waals surface area contributed by atoms with Gasteiger partial charge in [-0.15, -0.1) is 0 Å². The van der Waals surface area contributed by atoms with Crippen molar-refractivity contribution in [2.24, 2.45) is 0 Å². The summed E-state index contributed by atoms with van der Waals surface area (Å²) in [6.07, 6.45) is 3.44. The molecule has 3 aromatic rings. The molecule has 1 aliphatic rings. The molecule has 2 unspecified atom stereocenters. The SMILES string of the molecule is CN1c2ccc(C(=O)NCc3cccnc3)cc2C(=O)C(Cc2ccc(F)c(Cl)c2)S1=O. The number of halogens is 2. The lowest BCUT2D eigenvalue weighted by molar-refractivity contribution is 0.0951. The predicted molar refractivity (Wildman–Crippen MR) is 122 cm³/mol. The van der Waals surface area contributed by atoms with Crippen LogP contribution in [0.15, 0.2) is 60.9 Å². The third kappa shape index (κ3) is 4.42. The number of ketones is 1. The summed E-state index contributed by atoms with van der Waals surface area (Å²) in [5.41, 5.74) is 2.59. The fourth-order valence-electron chi connectivity index (χ4n) is 3.53. The van der Waals surface area contributed by atoms with E-state index in [0.717, 1.165) is 5.56 Å². The minimum absolute atomic E-state index is 0.0575. The fraction of sp³-hybridized carbons (Fsp3) is 0.174. The molecule has 0 aliphatic carbocycles. The number of carbonyl (C=O) groups is 2. The van der Waals surface area contributed by atoms with E-state index in [1.807, 2.05) is 6.07 Å². The zero-order valence-corrected chi connectivity index (χ0v) is 18.6. The van der Waals surface area contributed by atoms with Crippen LogP contribution in [0.25, 0.3) is 0 Å². The average Bonchev–Trinajstić information content (AvgIpc) is 2.81. The second-order valence-corrected chi connectivity index (χ2v) is 9.43. The van der Waals surface area contributed by atoms with Crippen molar-refractivity contribution in [2.75, 3.05) is 11.4 Å². The first-order valence-corrected chi connectivity index (χ1v) is 11.3. The zero-order valence-electron chi connectivity index (χ0n) is 17.0. The summed E-state index contributed by atoms with van der Waals surface area (Å²) in [6, 6.07) is 12.5. The Bertz CT molecular complexity index is 1220. The van der Waals surface area contributed by atoms with Gasteiger partial charge in [0, 0.05) is 37.1 Å². The van der Waals surface area contributed by atoms with Gasteiger partial charge in [0.1, 0.15) is 22.1 Å². The molecular weight excluding hydrogens is 453 g/mol. The third-order valence-corrected chi connectivity index (χ3v) is 7.14. The summed E-state index contributed by atoms with van der Waals surface area (Å²) >= 11 is 5.85. The molecule has 1 aliphatic heterocycles. The number of nitrogens with one attached hydrogen (secondary N) is 1. The molecule has 2 aromatic carbocycles. The highest BCUT2D eigenvalue weighted by molar-refractivity contribution is 7.88. The number of anilines is 1. The van der Waals surface area contributed by atoms with Crippen molar-refractivity contribution in [3.05, 3.63) is 94.0 Å². The van der Waals surface area contributed by atoms with Crippen LogP contribution in [0.1, 0.15) is 31.8 Å². The molecule has 9 heteroatoms. The Hall–Kier alpha value is -3.10. The maximum Gasteiger partial charge on any atom is 0.251 e. The van der Waals surface area contributed by atoms with E-state index < -0.39 is 22.1 Å². The minimum atomic E-state index is -1.63. The Labute approximate surface area is 192 Å². The molecular formula is C23H19ClFN3O3S. The number of rotatable bonds is 5. The van der Waals surface area contributed by atoms with Gasteiger partial charge in [0.15, 0.2) is 5.78 Å². The van der Waals surface area contributed by atoms with Crippen molar-refractivity contribution in [1.82, 2.24) is 10.3 Å². The van der Waals surface area contributed by atoms with Crippen molar-refractivity contribution in [3.63, 3.8) is 0 Å². The summed E-state index contributed by atoms with van der Waals surface area (Å²) in [4.78, 5) is 29.9. The number of hydrogen-bond donors (Lipinski definition) is 1. The molecule has 0 spiro atoms. The number of amides is 1. The van der Waals surface area contributed by atoms with Gasteiger partial charge in [0.2, 0.25) is 0 Å². The molecule has 1 amide bonds. The number of pyridine rings is 1. The lowest BCUT2D eigenvalue weighted by Crippen LogP contribution is -2.42. The number of nitrogens with zero attached hydrogens (tertiary/aromatic N) is 2. The van der Waals surface area contributed by atoms with Crippen LogP contribution in [0.3, 0.4) is 0 Å². The maximum absolute atomic E-state index is 13.5. The Morgan fingerprint density at radius 1 is 1.22 bits per heavy atom. The molecule has 0 bridgehead atoms. The Morgan fingerprint density at radius 3 is 2.75 bits per heavy atom. The number of fused-ring (bicyclic) bond motifs is 1. The molecule has 4 rings (SSSR count). The summed E-state index contributed by atoms with van der Waals surface area (Å²) in [5, 5.41) is 1.88. The molecule has 0 radical (unpaired) electrons. The summed E-state index contributed by atoms with van der Waals surface area (Å²) in [6.45, 7) is 0.301. The van der Waals surface area contributed by atoms with Crippen molar-refractivity contribution in [1.29, 1.82) is 0 Å². The van der Waals surface area contributed by atoms with Crippen LogP contribution in [0.5, 0.6) is 0 Å². The van der Waals surface area contributed by atoms with Crippen LogP contribution in [-0.2, 0) is 24.0 Å². The van der Waals surface area contributed by atoms with E-state index in [0.29, 0.717) is 28.9 Å². The topological polar surface area (TPSA) is 79.4 Å². The van der Waals surface area contributed by atoms with Gasteiger partial charge in [-0.1, -0.05) is 23.7 Å². The number of hydrogen-bond acceptors (Lipinski definition) is 4. The smallest absolute Gasteiger partial charge is 0.251 e. The van der Waals surface area contributed by atoms with Gasteiger partial charge < -0.3 is 5.32 Å². The minimum Gasteiger partial charge on any atom is -0.348 e. The van der Waals surface area contributed by atoms with Crippen LogP contribution >= 0.6 is 11.6 Å². The van der Waals surface area contributed by atoms with E-state index >= 15 is 0 Å². The molecule has 0 saturated carbocycles. The summed E-state index contributed by atoms with van der Waals surface area (Å²) in [5.74, 6) is -1.23. The number of carbonyl (C=O) groups excluding carboxylic acids is 2. The molecule has 6 nitrogen and oxygen atoms in total. The monoisotopic (exact) mass is 471 g/mol. The first kappa shape index (κ1) is 22.1. The van der Waals surface area contributed by atoms with Crippen molar-refractivity contribution >= 4 is 40.0 Å². The van der Waals surface area contributed by atoms with E-state index in [-0.39, 0.29) is 23.1 Å². The van der Waals surface area contributed by atoms with Crippen LogP contribution < -0.4 is 9.62 Å². The zero-order chi connectivity index (χ0) is 22.8. The molecule has 1 aromatic heterocycles. The molecule has 0 saturated heterocycles. The number of Topliss-reactive ketones (excluding diaryl/α,β-unsaturated/α-hetero) is 1. The van der Waals surface area contributed by atoms with Gasteiger partial charge >= 0.3 is 0 Å². The van der Waals surface area contributed by atoms with E-state index in [1.165, 1.54) is 28.6 Å². The highest BCUT2D eigenvalue weighted by Crippen LogP contribution is 2.32. The second-order valence-electron chi connectivity index (χ2n) is 7.35. The number of benzene rings is 2. The van der Waals surface area contributed by atoms with E-state index in [4.69, 9.17) is 11.6 Å². The van der Waals surface area contributed by atoms with E-state index in [2.05, 4.69) is 10.3 Å².